The highest BCUT2D eigenvalue weighted by Gasteiger charge is 2.47. The summed E-state index contributed by atoms with van der Waals surface area (Å²) in [6.07, 6.45) is 5.68. The molecule has 90 valence electrons. The number of nitrogens with zero attached hydrogens (tertiary/aromatic N) is 2. The van der Waals surface area contributed by atoms with E-state index in [9.17, 15) is 4.79 Å². The number of hydrogen-bond acceptors (Lipinski definition) is 2. The molecule has 0 aromatic heterocycles. The van der Waals surface area contributed by atoms with Crippen molar-refractivity contribution in [1.82, 2.24) is 5.43 Å². The van der Waals surface area contributed by atoms with Gasteiger partial charge in [0.15, 0.2) is 0 Å². The van der Waals surface area contributed by atoms with E-state index in [1.807, 2.05) is 6.21 Å². The first-order valence-electron chi connectivity index (χ1n) is 6.26. The molecule has 0 aliphatic carbocycles. The monoisotopic (exact) mass is 224 g/mol. The van der Waals surface area contributed by atoms with Crippen LogP contribution in [0.15, 0.2) is 5.10 Å². The minimum atomic E-state index is -0.0852. The fourth-order valence-electron chi connectivity index (χ4n) is 3.02. The van der Waals surface area contributed by atoms with E-state index in [0.29, 0.717) is 0 Å². The van der Waals surface area contributed by atoms with Crippen LogP contribution in [0, 0.1) is 5.41 Å². The molecule has 3 heterocycles. The van der Waals surface area contributed by atoms with Crippen molar-refractivity contribution in [1.29, 1.82) is 0 Å². The van der Waals surface area contributed by atoms with Gasteiger partial charge in [-0.3, -0.25) is 4.79 Å². The van der Waals surface area contributed by atoms with Crippen LogP contribution in [-0.4, -0.2) is 42.8 Å². The number of nitrogens with one attached hydrogen (secondary N) is 1. The molecule has 16 heavy (non-hydrogen) atoms. The number of rotatable bonds is 3. The van der Waals surface area contributed by atoms with Gasteiger partial charge in [-0.1, -0.05) is 0 Å². The van der Waals surface area contributed by atoms with Gasteiger partial charge < -0.3 is 4.48 Å². The van der Waals surface area contributed by atoms with Gasteiger partial charge in [0, 0.05) is 37.8 Å². The minimum absolute atomic E-state index is 0.0852. The second kappa shape index (κ2) is 4.17. The molecule has 4 heteroatoms. The maximum atomic E-state index is 10.8. The van der Waals surface area contributed by atoms with Crippen LogP contribution < -0.4 is 5.43 Å². The van der Waals surface area contributed by atoms with E-state index in [4.69, 9.17) is 0 Å². The van der Waals surface area contributed by atoms with Crippen LogP contribution in [0.3, 0.4) is 0 Å². The zero-order valence-corrected chi connectivity index (χ0v) is 10.3. The summed E-state index contributed by atoms with van der Waals surface area (Å²) in [4.78, 5) is 10.8. The Morgan fingerprint density at radius 2 is 1.94 bits per heavy atom. The first-order chi connectivity index (χ1) is 7.60. The van der Waals surface area contributed by atoms with E-state index >= 15 is 0 Å². The van der Waals surface area contributed by atoms with E-state index in [2.05, 4.69) is 17.5 Å². The topological polar surface area (TPSA) is 41.5 Å². The summed E-state index contributed by atoms with van der Waals surface area (Å²) in [7, 11) is 0. The van der Waals surface area contributed by atoms with Crippen LogP contribution >= 0.6 is 0 Å². The van der Waals surface area contributed by atoms with Gasteiger partial charge in [0.2, 0.25) is 5.91 Å². The fourth-order valence-corrected chi connectivity index (χ4v) is 3.02. The van der Waals surface area contributed by atoms with Gasteiger partial charge in [0.05, 0.1) is 26.2 Å². The summed E-state index contributed by atoms with van der Waals surface area (Å²) in [5.41, 5.74) is 2.79. The van der Waals surface area contributed by atoms with E-state index in [1.165, 1.54) is 56.8 Å². The Labute approximate surface area is 97.3 Å². The average Bonchev–Trinajstić information content (AvgIpc) is 2.31. The number of fused-ring (bicyclic) bond motifs is 3. The van der Waals surface area contributed by atoms with Crippen LogP contribution in [0.5, 0.6) is 0 Å². The largest absolute Gasteiger partial charge is 0.324 e. The standard InChI is InChI=1S/C12H21N3O/c1-3-15-7-4-12(5-8-15,6-9-15)10-13-14-11(2)16/h10H,3-9H2,1-2H3/p+1/b13-10+. The van der Waals surface area contributed by atoms with Gasteiger partial charge in [-0.15, -0.1) is 0 Å². The molecule has 3 aliphatic heterocycles. The highest BCUT2D eigenvalue weighted by molar-refractivity contribution is 5.75. The van der Waals surface area contributed by atoms with Gasteiger partial charge in [-0.2, -0.15) is 5.10 Å². The summed E-state index contributed by atoms with van der Waals surface area (Å²) >= 11 is 0. The summed E-state index contributed by atoms with van der Waals surface area (Å²) in [5, 5.41) is 4.08. The molecule has 0 spiro atoms. The van der Waals surface area contributed by atoms with Gasteiger partial charge in [-0.05, 0) is 6.92 Å². The Kier molecular flexibility index (Phi) is 3.02. The number of piperidine rings is 3. The molecular formula is C12H22N3O+. The number of hydrazone groups is 1. The second-order valence-electron chi connectivity index (χ2n) is 5.37. The van der Waals surface area contributed by atoms with Gasteiger partial charge >= 0.3 is 0 Å². The third kappa shape index (κ3) is 2.12. The van der Waals surface area contributed by atoms with Crippen LogP contribution in [0.1, 0.15) is 33.1 Å². The van der Waals surface area contributed by atoms with Gasteiger partial charge in [-0.25, -0.2) is 5.43 Å². The van der Waals surface area contributed by atoms with Crippen molar-refractivity contribution in [2.45, 2.75) is 33.1 Å². The van der Waals surface area contributed by atoms with Crippen molar-refractivity contribution >= 4 is 12.1 Å². The lowest BCUT2D eigenvalue weighted by molar-refractivity contribution is -0.942. The molecule has 3 fully saturated rings. The lowest BCUT2D eigenvalue weighted by atomic mass is 9.71. The van der Waals surface area contributed by atoms with Crippen molar-refractivity contribution in [2.75, 3.05) is 26.2 Å². The first kappa shape index (κ1) is 11.6. The SMILES string of the molecule is CC[N+]12CCC(/C=N/NC(C)=O)(CC1)CC2. The molecule has 3 saturated heterocycles. The van der Waals surface area contributed by atoms with Crippen molar-refractivity contribution in [2.24, 2.45) is 10.5 Å². The third-order valence-corrected chi connectivity index (χ3v) is 4.48. The van der Waals surface area contributed by atoms with Gasteiger partial charge in [0.25, 0.3) is 0 Å². The molecule has 1 N–H and O–H groups in total. The van der Waals surface area contributed by atoms with Crippen molar-refractivity contribution < 1.29 is 9.28 Å². The molecule has 0 atom stereocenters. The molecule has 3 aliphatic rings. The van der Waals surface area contributed by atoms with Gasteiger partial charge in [0.1, 0.15) is 0 Å². The molecule has 0 aromatic carbocycles. The van der Waals surface area contributed by atoms with E-state index in [0.717, 1.165) is 0 Å². The predicted octanol–water partition coefficient (Wildman–Crippen LogP) is 1.13. The van der Waals surface area contributed by atoms with Crippen LogP contribution in [0.2, 0.25) is 0 Å². The van der Waals surface area contributed by atoms with E-state index < -0.39 is 0 Å². The highest BCUT2D eigenvalue weighted by Crippen LogP contribution is 2.42. The lowest BCUT2D eigenvalue weighted by Crippen LogP contribution is -2.62. The number of carbonyl (C=O) groups is 1. The normalized spacial score (nSPS) is 37.9. The summed E-state index contributed by atoms with van der Waals surface area (Å²) in [6, 6.07) is 0. The van der Waals surface area contributed by atoms with Crippen molar-refractivity contribution in [3.8, 4) is 0 Å². The average molecular weight is 224 g/mol. The highest BCUT2D eigenvalue weighted by atomic mass is 16.2. The van der Waals surface area contributed by atoms with Crippen LogP contribution in [0.4, 0.5) is 0 Å². The number of hydrogen-bond donors (Lipinski definition) is 1. The molecule has 0 unspecified atom stereocenters. The minimum Gasteiger partial charge on any atom is -0.324 e. The number of amides is 1. The smallest absolute Gasteiger partial charge is 0.236 e. The molecule has 0 aromatic rings. The quantitative estimate of drug-likeness (QED) is 0.436. The van der Waals surface area contributed by atoms with E-state index in [-0.39, 0.29) is 11.3 Å². The Morgan fingerprint density at radius 1 is 1.38 bits per heavy atom. The molecule has 0 saturated carbocycles. The van der Waals surface area contributed by atoms with Crippen LogP contribution in [-0.2, 0) is 4.79 Å². The second-order valence-corrected chi connectivity index (χ2v) is 5.37. The van der Waals surface area contributed by atoms with Crippen LogP contribution in [0.25, 0.3) is 0 Å². The first-order valence-corrected chi connectivity index (χ1v) is 6.26. The number of quaternary nitrogens is 1. The molecule has 0 radical (unpaired) electrons. The van der Waals surface area contributed by atoms with Crippen molar-refractivity contribution in [3.63, 3.8) is 0 Å². The maximum absolute atomic E-state index is 10.8. The molecule has 1 amide bonds. The molecule has 2 bridgehead atoms. The molecule has 3 rings (SSSR count). The Bertz CT molecular complexity index is 287. The third-order valence-electron chi connectivity index (χ3n) is 4.48. The molecule has 4 nitrogen and oxygen atoms in total. The Balaban J connectivity index is 1.97. The lowest BCUT2D eigenvalue weighted by Gasteiger charge is -2.53. The summed E-state index contributed by atoms with van der Waals surface area (Å²) in [5.74, 6) is -0.0852. The molecular weight excluding hydrogens is 202 g/mol. The maximum Gasteiger partial charge on any atom is 0.236 e. The Morgan fingerprint density at radius 3 is 2.38 bits per heavy atom. The zero-order chi connectivity index (χ0) is 11.6. The Hall–Kier alpha value is -0.900. The zero-order valence-electron chi connectivity index (χ0n) is 10.3. The fraction of sp³-hybridized carbons (Fsp3) is 0.833. The van der Waals surface area contributed by atoms with E-state index in [1.54, 1.807) is 0 Å². The predicted molar refractivity (Wildman–Crippen MR) is 64.0 cm³/mol. The number of carbonyl (C=O) groups excluding carboxylic acids is 1. The van der Waals surface area contributed by atoms with Crippen molar-refractivity contribution in [3.05, 3.63) is 0 Å². The summed E-state index contributed by atoms with van der Waals surface area (Å²) < 4.78 is 1.30. The summed E-state index contributed by atoms with van der Waals surface area (Å²) in [6.45, 7) is 8.89.